The number of rotatable bonds is 7. The molecule has 2 rings (SSSR count). The molecule has 0 radical (unpaired) electrons. The molecule has 0 unspecified atom stereocenters. The fourth-order valence-corrected chi connectivity index (χ4v) is 2.19. The number of nitrogens with one attached hydrogen (secondary N) is 1. The fraction of sp³-hybridized carbons (Fsp3) is 0.600. The van der Waals surface area contributed by atoms with Gasteiger partial charge in [-0.25, -0.2) is 0 Å². The maximum Gasteiger partial charge on any atom is 0.119 e. The van der Waals surface area contributed by atoms with Crippen LogP contribution >= 0.6 is 24.8 Å². The van der Waals surface area contributed by atoms with Crippen LogP contribution in [0.5, 0.6) is 5.75 Å². The zero-order valence-electron chi connectivity index (χ0n) is 12.7. The van der Waals surface area contributed by atoms with Gasteiger partial charge in [-0.15, -0.1) is 24.8 Å². The van der Waals surface area contributed by atoms with Gasteiger partial charge in [0, 0.05) is 45.8 Å². The topological polar surface area (TPSA) is 27.7 Å². The molecule has 0 aromatic heterocycles. The molecule has 1 aliphatic rings. The summed E-state index contributed by atoms with van der Waals surface area (Å²) in [6.45, 7) is 8.59. The lowest BCUT2D eigenvalue weighted by molar-refractivity contribution is 0.187. The Morgan fingerprint density at radius 1 is 1.10 bits per heavy atom. The summed E-state index contributed by atoms with van der Waals surface area (Å²) in [5, 5.41) is 3.38. The molecule has 6 heteroatoms. The van der Waals surface area contributed by atoms with Gasteiger partial charge < -0.3 is 15.0 Å². The Morgan fingerprint density at radius 2 is 1.76 bits per heavy atom. The lowest BCUT2D eigenvalue weighted by Gasteiger charge is -2.29. The zero-order chi connectivity index (χ0) is 13.3. The molecule has 1 saturated heterocycles. The first-order valence-electron chi connectivity index (χ1n) is 7.14. The van der Waals surface area contributed by atoms with Crippen LogP contribution in [0.2, 0.25) is 0 Å². The molecule has 0 saturated carbocycles. The van der Waals surface area contributed by atoms with Crippen molar-refractivity contribution in [3.63, 3.8) is 0 Å². The van der Waals surface area contributed by atoms with Gasteiger partial charge in [0.1, 0.15) is 12.4 Å². The molecular formula is C15H27Cl2N3O. The molecule has 1 heterocycles. The standard InChI is InChI=1S/C15H25N3O.2ClH/c1-17(11-12-18-9-7-16-8-10-18)13-14-19-15-5-3-2-4-6-15;;/h2-6,16H,7-14H2,1H3;2*1H. The zero-order valence-corrected chi connectivity index (χ0v) is 14.3. The number of halogens is 2. The van der Waals surface area contributed by atoms with Gasteiger partial charge in [-0.3, -0.25) is 4.90 Å². The molecule has 21 heavy (non-hydrogen) atoms. The fourth-order valence-electron chi connectivity index (χ4n) is 2.19. The molecule has 0 aliphatic carbocycles. The highest BCUT2D eigenvalue weighted by atomic mass is 35.5. The van der Waals surface area contributed by atoms with Crippen molar-refractivity contribution in [2.75, 3.05) is 59.5 Å². The average Bonchev–Trinajstić information content (AvgIpc) is 2.47. The minimum Gasteiger partial charge on any atom is -0.492 e. The molecule has 1 N–H and O–H groups in total. The van der Waals surface area contributed by atoms with E-state index in [1.807, 2.05) is 30.3 Å². The molecule has 1 aliphatic heterocycles. The number of hydrogen-bond donors (Lipinski definition) is 1. The Bertz CT molecular complexity index is 348. The second-order valence-corrected chi connectivity index (χ2v) is 5.06. The van der Waals surface area contributed by atoms with Crippen molar-refractivity contribution in [1.82, 2.24) is 15.1 Å². The Kier molecular flexibility index (Phi) is 11.8. The van der Waals surface area contributed by atoms with Gasteiger partial charge in [-0.05, 0) is 19.2 Å². The molecule has 0 spiro atoms. The Labute approximate surface area is 140 Å². The highest BCUT2D eigenvalue weighted by Crippen LogP contribution is 2.07. The van der Waals surface area contributed by atoms with E-state index in [1.54, 1.807) is 0 Å². The summed E-state index contributed by atoms with van der Waals surface area (Å²) in [6.07, 6.45) is 0. The maximum atomic E-state index is 5.70. The predicted octanol–water partition coefficient (Wildman–Crippen LogP) is 1.75. The van der Waals surface area contributed by atoms with Crippen molar-refractivity contribution in [1.29, 1.82) is 0 Å². The number of piperazine rings is 1. The van der Waals surface area contributed by atoms with Crippen molar-refractivity contribution in [2.24, 2.45) is 0 Å². The van der Waals surface area contributed by atoms with Crippen LogP contribution in [0, 0.1) is 0 Å². The van der Waals surface area contributed by atoms with Gasteiger partial charge in [0.15, 0.2) is 0 Å². The van der Waals surface area contributed by atoms with E-state index in [9.17, 15) is 0 Å². The molecule has 122 valence electrons. The smallest absolute Gasteiger partial charge is 0.119 e. The summed E-state index contributed by atoms with van der Waals surface area (Å²) in [7, 11) is 2.16. The molecule has 1 aromatic carbocycles. The van der Waals surface area contributed by atoms with Gasteiger partial charge in [0.2, 0.25) is 0 Å². The van der Waals surface area contributed by atoms with Crippen LogP contribution < -0.4 is 10.1 Å². The first-order chi connectivity index (χ1) is 9.34. The first-order valence-corrected chi connectivity index (χ1v) is 7.14. The van der Waals surface area contributed by atoms with Crippen molar-refractivity contribution >= 4 is 24.8 Å². The Morgan fingerprint density at radius 3 is 2.43 bits per heavy atom. The Balaban J connectivity index is 0.00000200. The van der Waals surface area contributed by atoms with Crippen LogP contribution in [-0.2, 0) is 0 Å². The lowest BCUT2D eigenvalue weighted by Crippen LogP contribution is -2.46. The average molecular weight is 336 g/mol. The van der Waals surface area contributed by atoms with Crippen molar-refractivity contribution in [3.05, 3.63) is 30.3 Å². The van der Waals surface area contributed by atoms with E-state index >= 15 is 0 Å². The number of nitrogens with zero attached hydrogens (tertiary/aromatic N) is 2. The molecular weight excluding hydrogens is 309 g/mol. The minimum absolute atomic E-state index is 0. The van der Waals surface area contributed by atoms with Crippen LogP contribution in [0.15, 0.2) is 30.3 Å². The third-order valence-electron chi connectivity index (χ3n) is 3.49. The van der Waals surface area contributed by atoms with Crippen molar-refractivity contribution in [2.45, 2.75) is 0 Å². The van der Waals surface area contributed by atoms with Crippen molar-refractivity contribution < 1.29 is 4.74 Å². The summed E-state index contributed by atoms with van der Waals surface area (Å²) < 4.78 is 5.70. The molecule has 1 fully saturated rings. The molecule has 0 bridgehead atoms. The van der Waals surface area contributed by atoms with E-state index in [1.165, 1.54) is 13.1 Å². The quantitative estimate of drug-likeness (QED) is 0.821. The van der Waals surface area contributed by atoms with E-state index in [-0.39, 0.29) is 24.8 Å². The van der Waals surface area contributed by atoms with Crippen molar-refractivity contribution in [3.8, 4) is 5.75 Å². The van der Waals surface area contributed by atoms with Gasteiger partial charge in [-0.1, -0.05) is 18.2 Å². The first kappa shape index (κ1) is 20.5. The maximum absolute atomic E-state index is 5.70. The van der Waals surface area contributed by atoms with E-state index in [0.717, 1.165) is 45.1 Å². The normalized spacial score (nSPS) is 15.1. The molecule has 0 amide bonds. The number of ether oxygens (including phenoxy) is 1. The number of likely N-dealkylation sites (N-methyl/N-ethyl adjacent to an activating group) is 1. The molecule has 1 aromatic rings. The van der Waals surface area contributed by atoms with Crippen LogP contribution in [0.3, 0.4) is 0 Å². The summed E-state index contributed by atoms with van der Waals surface area (Å²) in [4.78, 5) is 4.86. The monoisotopic (exact) mass is 335 g/mol. The number of para-hydroxylation sites is 1. The van der Waals surface area contributed by atoms with Gasteiger partial charge in [0.05, 0.1) is 0 Å². The largest absolute Gasteiger partial charge is 0.492 e. The Hall–Kier alpha value is -0.520. The van der Waals surface area contributed by atoms with Crippen LogP contribution in [0.25, 0.3) is 0 Å². The number of hydrogen-bond acceptors (Lipinski definition) is 4. The minimum atomic E-state index is 0. The van der Waals surface area contributed by atoms with Gasteiger partial charge in [-0.2, -0.15) is 0 Å². The van der Waals surface area contributed by atoms with E-state index in [4.69, 9.17) is 4.74 Å². The van der Waals surface area contributed by atoms with Gasteiger partial charge >= 0.3 is 0 Å². The second-order valence-electron chi connectivity index (χ2n) is 5.06. The second kappa shape index (κ2) is 12.1. The summed E-state index contributed by atoms with van der Waals surface area (Å²) in [5.74, 6) is 0.956. The highest BCUT2D eigenvalue weighted by Gasteiger charge is 2.09. The van der Waals surface area contributed by atoms with E-state index in [2.05, 4.69) is 22.2 Å². The lowest BCUT2D eigenvalue weighted by atomic mass is 10.3. The third kappa shape index (κ3) is 8.49. The van der Waals surface area contributed by atoms with Crippen LogP contribution in [0.4, 0.5) is 0 Å². The number of benzene rings is 1. The summed E-state index contributed by atoms with van der Waals surface area (Å²) >= 11 is 0. The summed E-state index contributed by atoms with van der Waals surface area (Å²) in [6, 6.07) is 10.0. The summed E-state index contributed by atoms with van der Waals surface area (Å²) in [5.41, 5.74) is 0. The molecule has 4 nitrogen and oxygen atoms in total. The predicted molar refractivity (Wildman–Crippen MR) is 93.2 cm³/mol. The van der Waals surface area contributed by atoms with E-state index < -0.39 is 0 Å². The van der Waals surface area contributed by atoms with Crippen LogP contribution in [0.1, 0.15) is 0 Å². The van der Waals surface area contributed by atoms with Crippen LogP contribution in [-0.4, -0.2) is 69.3 Å². The highest BCUT2D eigenvalue weighted by molar-refractivity contribution is 5.85. The van der Waals surface area contributed by atoms with E-state index in [0.29, 0.717) is 0 Å². The third-order valence-corrected chi connectivity index (χ3v) is 3.49. The SMILES string of the molecule is CN(CCOc1ccccc1)CCN1CCNCC1.Cl.Cl. The van der Waals surface area contributed by atoms with Gasteiger partial charge in [0.25, 0.3) is 0 Å². The molecule has 0 atom stereocenters.